The first-order valence-corrected chi connectivity index (χ1v) is 5.25. The number of ether oxygens (including phenoxy) is 1. The number of nitrogens with zero attached hydrogens (tertiary/aromatic N) is 1. The Balaban J connectivity index is 2.91. The van der Waals surface area contributed by atoms with Crippen LogP contribution in [0.15, 0.2) is 11.8 Å². The molecule has 96 valence electrons. The van der Waals surface area contributed by atoms with Gasteiger partial charge in [-0.1, -0.05) is 0 Å². The molecule has 2 amide bonds. The zero-order chi connectivity index (χ0) is 13.4. The number of hydrogen-bond donors (Lipinski definition) is 1. The molecule has 0 aromatic heterocycles. The Hall–Kier alpha value is -1.40. The average Bonchev–Trinajstić information content (AvgIpc) is 2.40. The van der Waals surface area contributed by atoms with Crippen LogP contribution in [0.2, 0.25) is 0 Å². The van der Waals surface area contributed by atoms with E-state index in [-0.39, 0.29) is 5.76 Å². The summed E-state index contributed by atoms with van der Waals surface area (Å²) in [4.78, 5) is 29.4. The second-order valence-electron chi connectivity index (χ2n) is 5.28. The lowest BCUT2D eigenvalue weighted by atomic mass is 10.1. The van der Waals surface area contributed by atoms with E-state index in [1.54, 1.807) is 34.6 Å². The highest BCUT2D eigenvalue weighted by atomic mass is 16.8. The molecule has 1 heterocycles. The molecule has 0 spiro atoms. The highest BCUT2D eigenvalue weighted by Gasteiger charge is 2.41. The predicted octanol–water partition coefficient (Wildman–Crippen LogP) is 0.681. The standard InChI is InChI=1S/C11H18N2O4/c1-10(2,3)13-8(14)6-7(9(13)15)16-11(4,5)17-12/h6H,12H2,1-5H3. The quantitative estimate of drug-likeness (QED) is 0.447. The van der Waals surface area contributed by atoms with E-state index in [0.717, 1.165) is 11.0 Å². The third kappa shape index (κ3) is 2.83. The molecule has 0 bridgehead atoms. The van der Waals surface area contributed by atoms with Crippen molar-refractivity contribution in [2.24, 2.45) is 5.90 Å². The van der Waals surface area contributed by atoms with Gasteiger partial charge in [0.2, 0.25) is 5.79 Å². The maximum Gasteiger partial charge on any atom is 0.296 e. The van der Waals surface area contributed by atoms with Crippen LogP contribution in [0.25, 0.3) is 0 Å². The smallest absolute Gasteiger partial charge is 0.296 e. The zero-order valence-electron chi connectivity index (χ0n) is 10.7. The third-order valence-corrected chi connectivity index (χ3v) is 2.20. The summed E-state index contributed by atoms with van der Waals surface area (Å²) in [5.74, 6) is 2.93. The minimum absolute atomic E-state index is 0.0552. The first kappa shape index (κ1) is 13.7. The molecular formula is C11H18N2O4. The summed E-state index contributed by atoms with van der Waals surface area (Å²) in [5, 5.41) is 0. The van der Waals surface area contributed by atoms with Gasteiger partial charge >= 0.3 is 0 Å². The Labute approximate surface area is 100 Å². The molecular weight excluding hydrogens is 224 g/mol. The molecule has 0 unspecified atom stereocenters. The van der Waals surface area contributed by atoms with Crippen molar-refractivity contribution in [1.29, 1.82) is 0 Å². The second kappa shape index (κ2) is 4.12. The van der Waals surface area contributed by atoms with E-state index in [4.69, 9.17) is 10.6 Å². The zero-order valence-corrected chi connectivity index (χ0v) is 10.7. The number of imide groups is 1. The van der Waals surface area contributed by atoms with Crippen molar-refractivity contribution in [3.8, 4) is 0 Å². The third-order valence-electron chi connectivity index (χ3n) is 2.20. The summed E-state index contributed by atoms with van der Waals surface area (Å²) in [6.07, 6.45) is 1.15. The van der Waals surface area contributed by atoms with E-state index in [2.05, 4.69) is 4.84 Å². The van der Waals surface area contributed by atoms with Gasteiger partial charge in [0, 0.05) is 19.4 Å². The number of carbonyl (C=O) groups is 2. The van der Waals surface area contributed by atoms with Crippen LogP contribution in [-0.2, 0) is 19.2 Å². The molecule has 17 heavy (non-hydrogen) atoms. The summed E-state index contributed by atoms with van der Waals surface area (Å²) < 4.78 is 5.26. The molecule has 6 heteroatoms. The van der Waals surface area contributed by atoms with Crippen LogP contribution in [0, 0.1) is 0 Å². The monoisotopic (exact) mass is 242 g/mol. The van der Waals surface area contributed by atoms with Crippen molar-refractivity contribution in [1.82, 2.24) is 4.90 Å². The Kier molecular flexibility index (Phi) is 3.31. The topological polar surface area (TPSA) is 81.9 Å². The van der Waals surface area contributed by atoms with Crippen LogP contribution in [0.4, 0.5) is 0 Å². The molecule has 1 aliphatic rings. The molecule has 0 saturated heterocycles. The minimum atomic E-state index is -1.16. The van der Waals surface area contributed by atoms with Crippen LogP contribution in [0.1, 0.15) is 34.6 Å². The van der Waals surface area contributed by atoms with E-state index in [9.17, 15) is 9.59 Å². The van der Waals surface area contributed by atoms with Crippen molar-refractivity contribution in [2.75, 3.05) is 0 Å². The molecule has 6 nitrogen and oxygen atoms in total. The van der Waals surface area contributed by atoms with Crippen LogP contribution in [0.5, 0.6) is 0 Å². The first-order chi connectivity index (χ1) is 7.58. The number of carbonyl (C=O) groups excluding carboxylic acids is 2. The summed E-state index contributed by atoms with van der Waals surface area (Å²) in [5.41, 5.74) is -0.594. The average molecular weight is 242 g/mol. The fourth-order valence-corrected chi connectivity index (χ4v) is 1.45. The highest BCUT2D eigenvalue weighted by molar-refractivity contribution is 6.15. The Morgan fingerprint density at radius 3 is 2.06 bits per heavy atom. The molecule has 0 atom stereocenters. The number of rotatable bonds is 3. The summed E-state index contributed by atoms with van der Waals surface area (Å²) in [6.45, 7) is 8.40. The molecule has 0 aromatic rings. The molecule has 0 radical (unpaired) electrons. The minimum Gasteiger partial charge on any atom is -0.455 e. The fourth-order valence-electron chi connectivity index (χ4n) is 1.45. The molecule has 0 aromatic carbocycles. The van der Waals surface area contributed by atoms with Gasteiger partial charge in [-0.15, -0.1) is 0 Å². The van der Waals surface area contributed by atoms with Gasteiger partial charge in [-0.3, -0.25) is 19.3 Å². The summed E-state index contributed by atoms with van der Waals surface area (Å²) in [7, 11) is 0. The van der Waals surface area contributed by atoms with E-state index in [0.29, 0.717) is 0 Å². The molecule has 0 aliphatic carbocycles. The maximum absolute atomic E-state index is 12.0. The van der Waals surface area contributed by atoms with Crippen molar-refractivity contribution in [2.45, 2.75) is 45.9 Å². The lowest BCUT2D eigenvalue weighted by Gasteiger charge is -2.30. The highest BCUT2D eigenvalue weighted by Crippen LogP contribution is 2.26. The number of hydrogen-bond acceptors (Lipinski definition) is 5. The number of nitrogens with two attached hydrogens (primary N) is 1. The Morgan fingerprint density at radius 2 is 1.71 bits per heavy atom. The van der Waals surface area contributed by atoms with E-state index >= 15 is 0 Å². The van der Waals surface area contributed by atoms with Gasteiger partial charge < -0.3 is 4.74 Å². The van der Waals surface area contributed by atoms with Gasteiger partial charge in [-0.25, -0.2) is 5.90 Å². The van der Waals surface area contributed by atoms with E-state index < -0.39 is 23.1 Å². The van der Waals surface area contributed by atoms with E-state index in [1.807, 2.05) is 0 Å². The summed E-state index contributed by atoms with van der Waals surface area (Å²) >= 11 is 0. The van der Waals surface area contributed by atoms with Crippen LogP contribution < -0.4 is 5.90 Å². The Morgan fingerprint density at radius 1 is 1.18 bits per heavy atom. The molecule has 0 fully saturated rings. The molecule has 0 saturated carbocycles. The number of amides is 2. The van der Waals surface area contributed by atoms with Crippen LogP contribution in [0.3, 0.4) is 0 Å². The van der Waals surface area contributed by atoms with Crippen molar-refractivity contribution in [3.63, 3.8) is 0 Å². The predicted molar refractivity (Wildman–Crippen MR) is 60.1 cm³/mol. The molecule has 1 rings (SSSR count). The lowest BCUT2D eigenvalue weighted by molar-refractivity contribution is -0.197. The molecule has 2 N–H and O–H groups in total. The van der Waals surface area contributed by atoms with Crippen molar-refractivity contribution >= 4 is 11.8 Å². The van der Waals surface area contributed by atoms with Gasteiger partial charge in [0.25, 0.3) is 11.8 Å². The lowest BCUT2D eigenvalue weighted by Crippen LogP contribution is -2.46. The van der Waals surface area contributed by atoms with Crippen molar-refractivity contribution in [3.05, 3.63) is 11.8 Å². The van der Waals surface area contributed by atoms with Gasteiger partial charge in [0.1, 0.15) is 0 Å². The second-order valence-corrected chi connectivity index (χ2v) is 5.28. The first-order valence-electron chi connectivity index (χ1n) is 5.25. The van der Waals surface area contributed by atoms with Crippen LogP contribution >= 0.6 is 0 Å². The van der Waals surface area contributed by atoms with Gasteiger partial charge in [-0.2, -0.15) is 0 Å². The molecule has 1 aliphatic heterocycles. The van der Waals surface area contributed by atoms with Crippen LogP contribution in [-0.4, -0.2) is 28.0 Å². The normalized spacial score (nSPS) is 17.5. The van der Waals surface area contributed by atoms with Gasteiger partial charge in [0.05, 0.1) is 6.08 Å². The Bertz CT molecular complexity index is 379. The van der Waals surface area contributed by atoms with Crippen molar-refractivity contribution < 1.29 is 19.2 Å². The van der Waals surface area contributed by atoms with Gasteiger partial charge in [0.15, 0.2) is 5.76 Å². The van der Waals surface area contributed by atoms with Gasteiger partial charge in [-0.05, 0) is 20.8 Å². The maximum atomic E-state index is 12.0. The SMILES string of the molecule is CC(C)(ON)OC1=CC(=O)N(C(C)(C)C)C1=O. The van der Waals surface area contributed by atoms with E-state index in [1.165, 1.54) is 0 Å². The largest absolute Gasteiger partial charge is 0.455 e. The summed E-state index contributed by atoms with van der Waals surface area (Å²) in [6, 6.07) is 0. The fraction of sp³-hybridized carbons (Fsp3) is 0.636.